The third-order valence-electron chi connectivity index (χ3n) is 7.98. The summed E-state index contributed by atoms with van der Waals surface area (Å²) in [6.07, 6.45) is 1.39. The largest absolute Gasteiger partial charge is 0.414 e. The molecular formula is C26H44ClN5O5Si2. The number of hydrogen-bond acceptors (Lipinski definition) is 8. The van der Waals surface area contributed by atoms with Gasteiger partial charge in [0.1, 0.15) is 17.8 Å². The minimum Gasteiger partial charge on any atom is -0.414 e. The summed E-state index contributed by atoms with van der Waals surface area (Å²) in [6, 6.07) is 0. The molecule has 0 aromatic carbocycles. The predicted molar refractivity (Wildman–Crippen MR) is 156 cm³/mol. The van der Waals surface area contributed by atoms with Gasteiger partial charge < -0.3 is 17.7 Å². The standard InChI is InChI=1S/C26H44ClN5O5Si2/c1-14(2)25(33)31-26-29-23(27)22-24(30-26)32(13-28-22)21-11-19-20(35-21)12-34-38(15(3)4,16(5)6)37-39(36-19,17(7)8)18(9)10/h13-21H,11-12H2,1-10H3,(H,29,30,31,33)/t19-,20+,21-/m0/s1. The van der Waals surface area contributed by atoms with Crippen LogP contribution in [0.5, 0.6) is 0 Å². The number of aromatic nitrogens is 4. The Morgan fingerprint density at radius 3 is 2.15 bits per heavy atom. The van der Waals surface area contributed by atoms with Gasteiger partial charge in [-0.2, -0.15) is 9.97 Å². The van der Waals surface area contributed by atoms with Crippen LogP contribution in [0.4, 0.5) is 5.95 Å². The van der Waals surface area contributed by atoms with Crippen molar-refractivity contribution in [3.63, 3.8) is 0 Å². The second kappa shape index (κ2) is 11.5. The van der Waals surface area contributed by atoms with Crippen molar-refractivity contribution in [3.05, 3.63) is 11.5 Å². The van der Waals surface area contributed by atoms with Crippen LogP contribution in [0.1, 0.15) is 81.9 Å². The normalized spacial score (nSPS) is 25.1. The Balaban J connectivity index is 1.71. The lowest BCUT2D eigenvalue weighted by molar-refractivity contribution is -0.118. The lowest BCUT2D eigenvalue weighted by Gasteiger charge is -2.51. The number of imidazole rings is 1. The molecular weight excluding hydrogens is 554 g/mol. The molecule has 0 radical (unpaired) electrons. The van der Waals surface area contributed by atoms with Gasteiger partial charge in [0, 0.05) is 12.3 Å². The van der Waals surface area contributed by atoms with E-state index in [4.69, 9.17) is 29.3 Å². The fourth-order valence-electron chi connectivity index (χ4n) is 5.71. The van der Waals surface area contributed by atoms with E-state index in [1.165, 1.54) is 0 Å². The summed E-state index contributed by atoms with van der Waals surface area (Å²) in [6.45, 7) is 21.7. The number of anilines is 1. The lowest BCUT2D eigenvalue weighted by Crippen LogP contribution is -2.65. The van der Waals surface area contributed by atoms with E-state index >= 15 is 0 Å². The Kier molecular flexibility index (Phi) is 8.97. The van der Waals surface area contributed by atoms with Gasteiger partial charge in [-0.15, -0.1) is 0 Å². The van der Waals surface area contributed by atoms with Crippen molar-refractivity contribution >= 4 is 51.7 Å². The average Bonchev–Trinajstić information content (AvgIpc) is 3.42. The zero-order chi connectivity index (χ0) is 28.9. The summed E-state index contributed by atoms with van der Waals surface area (Å²) in [7, 11) is -5.40. The van der Waals surface area contributed by atoms with Gasteiger partial charge in [-0.05, 0) is 22.2 Å². The summed E-state index contributed by atoms with van der Waals surface area (Å²) < 4.78 is 29.8. The Morgan fingerprint density at radius 1 is 0.974 bits per heavy atom. The Bertz CT molecular complexity index is 1170. The Hall–Kier alpha value is -1.42. The summed E-state index contributed by atoms with van der Waals surface area (Å²) in [4.78, 5) is 25.5. The minimum atomic E-state index is -2.74. The summed E-state index contributed by atoms with van der Waals surface area (Å²) >= 11 is 6.44. The third-order valence-corrected chi connectivity index (χ3v) is 18.5. The third kappa shape index (κ3) is 5.58. The van der Waals surface area contributed by atoms with E-state index in [9.17, 15) is 4.79 Å². The highest BCUT2D eigenvalue weighted by Crippen LogP contribution is 2.48. The van der Waals surface area contributed by atoms with E-state index in [1.54, 1.807) is 20.2 Å². The maximum absolute atomic E-state index is 12.3. The fourth-order valence-corrected chi connectivity index (χ4v) is 17.1. The molecule has 0 bridgehead atoms. The van der Waals surface area contributed by atoms with Gasteiger partial charge in [0.05, 0.1) is 19.0 Å². The topological polar surface area (TPSA) is 110 Å². The molecule has 13 heteroatoms. The molecule has 0 saturated carbocycles. The van der Waals surface area contributed by atoms with Gasteiger partial charge in [-0.25, -0.2) is 4.98 Å². The number of ether oxygens (including phenoxy) is 1. The van der Waals surface area contributed by atoms with Crippen molar-refractivity contribution in [1.29, 1.82) is 0 Å². The number of hydrogen-bond donors (Lipinski definition) is 1. The van der Waals surface area contributed by atoms with Gasteiger partial charge in [-0.1, -0.05) is 80.8 Å². The number of rotatable bonds is 7. The van der Waals surface area contributed by atoms with Crippen molar-refractivity contribution in [1.82, 2.24) is 19.5 Å². The van der Waals surface area contributed by atoms with Gasteiger partial charge in [0.2, 0.25) is 11.9 Å². The first-order chi connectivity index (χ1) is 18.2. The van der Waals surface area contributed by atoms with E-state index in [1.807, 2.05) is 4.57 Å². The smallest absolute Gasteiger partial charge is 0.335 e. The first-order valence-electron chi connectivity index (χ1n) is 14.1. The number of fused-ring (bicyclic) bond motifs is 2. The van der Waals surface area contributed by atoms with Crippen molar-refractivity contribution in [3.8, 4) is 0 Å². The number of carbonyl (C=O) groups excluding carboxylic acids is 1. The second-order valence-corrected chi connectivity index (χ2v) is 21.5. The molecule has 2 fully saturated rings. The Labute approximate surface area is 239 Å². The van der Waals surface area contributed by atoms with Crippen LogP contribution >= 0.6 is 11.6 Å². The maximum Gasteiger partial charge on any atom is 0.335 e. The predicted octanol–water partition coefficient (Wildman–Crippen LogP) is 6.32. The maximum atomic E-state index is 12.3. The number of halogens is 1. The summed E-state index contributed by atoms with van der Waals surface area (Å²) in [5.41, 5.74) is 1.93. The highest BCUT2D eigenvalue weighted by atomic mass is 35.5. The van der Waals surface area contributed by atoms with Crippen molar-refractivity contribution in [2.75, 3.05) is 11.9 Å². The molecule has 2 saturated heterocycles. The van der Waals surface area contributed by atoms with Crippen molar-refractivity contribution in [2.45, 2.75) is 116 Å². The summed E-state index contributed by atoms with van der Waals surface area (Å²) in [5, 5.41) is 2.91. The van der Waals surface area contributed by atoms with Crippen molar-refractivity contribution < 1.29 is 22.5 Å². The molecule has 0 unspecified atom stereocenters. The molecule has 2 aromatic heterocycles. The monoisotopic (exact) mass is 597 g/mol. The summed E-state index contributed by atoms with van der Waals surface area (Å²) in [5.74, 6) is -0.273. The van der Waals surface area contributed by atoms with Crippen LogP contribution in [0.2, 0.25) is 27.3 Å². The SMILES string of the molecule is CC(C)C(=O)Nc1nc(Cl)c2ncn([C@@H]3C[C@@H]4O[Si](C(C)C)(C(C)C)O[Si](C(C)C)(C(C)C)OC[C@H]4O3)c2n1. The van der Waals surface area contributed by atoms with E-state index in [-0.39, 0.29) is 57.3 Å². The molecule has 1 amide bonds. The van der Waals surface area contributed by atoms with Gasteiger partial charge in [0.25, 0.3) is 0 Å². The zero-order valence-electron chi connectivity index (χ0n) is 24.8. The zero-order valence-corrected chi connectivity index (χ0v) is 27.6. The van der Waals surface area contributed by atoms with E-state index < -0.39 is 23.3 Å². The fraction of sp³-hybridized carbons (Fsp3) is 0.769. The minimum absolute atomic E-state index is 0.139. The van der Waals surface area contributed by atoms with Crippen LogP contribution < -0.4 is 5.32 Å². The molecule has 0 spiro atoms. The molecule has 218 valence electrons. The first-order valence-corrected chi connectivity index (χ1v) is 18.4. The van der Waals surface area contributed by atoms with Crippen LogP contribution in [0.3, 0.4) is 0 Å². The molecule has 3 atom stereocenters. The molecule has 10 nitrogen and oxygen atoms in total. The second-order valence-electron chi connectivity index (χ2n) is 12.3. The van der Waals surface area contributed by atoms with Gasteiger partial charge in [0.15, 0.2) is 10.8 Å². The highest BCUT2D eigenvalue weighted by Gasteiger charge is 2.60. The van der Waals surface area contributed by atoms with Crippen LogP contribution in [0, 0.1) is 5.92 Å². The molecule has 4 rings (SSSR count). The van der Waals surface area contributed by atoms with Crippen LogP contribution in [-0.2, 0) is 22.5 Å². The quantitative estimate of drug-likeness (QED) is 0.292. The highest BCUT2D eigenvalue weighted by molar-refractivity contribution is 6.84. The molecule has 2 aromatic rings. The average molecular weight is 598 g/mol. The molecule has 2 aliphatic heterocycles. The van der Waals surface area contributed by atoms with Crippen LogP contribution in [-0.4, -0.2) is 61.4 Å². The lowest BCUT2D eigenvalue weighted by atomic mass is 10.2. The van der Waals surface area contributed by atoms with Gasteiger partial charge in [-0.3, -0.25) is 14.7 Å². The first kappa shape index (κ1) is 30.5. The van der Waals surface area contributed by atoms with Crippen LogP contribution in [0.25, 0.3) is 11.2 Å². The molecule has 1 N–H and O–H groups in total. The number of carbonyl (C=O) groups is 1. The van der Waals surface area contributed by atoms with E-state index in [2.05, 4.69) is 75.7 Å². The van der Waals surface area contributed by atoms with E-state index in [0.29, 0.717) is 24.2 Å². The number of amides is 1. The number of nitrogens with one attached hydrogen (secondary N) is 1. The molecule has 4 heterocycles. The Morgan fingerprint density at radius 2 is 1.59 bits per heavy atom. The molecule has 39 heavy (non-hydrogen) atoms. The van der Waals surface area contributed by atoms with Crippen LogP contribution in [0.15, 0.2) is 6.33 Å². The number of nitrogens with zero attached hydrogens (tertiary/aromatic N) is 4. The van der Waals surface area contributed by atoms with E-state index in [0.717, 1.165) is 0 Å². The van der Waals surface area contributed by atoms with Gasteiger partial charge >= 0.3 is 17.1 Å². The molecule has 2 aliphatic rings. The molecule has 0 aliphatic carbocycles. The van der Waals surface area contributed by atoms with Crippen molar-refractivity contribution in [2.24, 2.45) is 5.92 Å².